The summed E-state index contributed by atoms with van der Waals surface area (Å²) in [6.07, 6.45) is 4.10. The van der Waals surface area contributed by atoms with Gasteiger partial charge in [-0.2, -0.15) is 0 Å². The van der Waals surface area contributed by atoms with Crippen LogP contribution in [0.4, 0.5) is 5.69 Å². The minimum atomic E-state index is -0.409. The lowest BCUT2D eigenvalue weighted by Gasteiger charge is -2.17. The van der Waals surface area contributed by atoms with Crippen molar-refractivity contribution in [1.82, 2.24) is 0 Å². The molecule has 5 nitrogen and oxygen atoms in total. The SMILES string of the molecule is O=C1/C(=C\c2ccc(N3CCCC3)cc2)Oc2c1ccc(O)c2O. The van der Waals surface area contributed by atoms with Crippen LogP contribution in [0.25, 0.3) is 6.08 Å². The predicted molar refractivity (Wildman–Crippen MR) is 90.6 cm³/mol. The number of carbonyl (C=O) groups excluding carboxylic acids is 1. The van der Waals surface area contributed by atoms with Crippen LogP contribution in [0.3, 0.4) is 0 Å². The van der Waals surface area contributed by atoms with Crippen molar-refractivity contribution < 1.29 is 19.7 Å². The number of allylic oxidation sites excluding steroid dienone is 1. The lowest BCUT2D eigenvalue weighted by molar-refractivity contribution is 0.101. The Kier molecular flexibility index (Phi) is 3.41. The highest BCUT2D eigenvalue weighted by Crippen LogP contribution is 2.44. The van der Waals surface area contributed by atoms with Crippen LogP contribution in [0.15, 0.2) is 42.2 Å². The molecule has 0 amide bonds. The number of Topliss-reactive ketones (excluding diaryl/α,β-unsaturated/α-hetero) is 1. The van der Waals surface area contributed by atoms with Gasteiger partial charge >= 0.3 is 0 Å². The molecule has 2 aliphatic rings. The quantitative estimate of drug-likeness (QED) is 0.655. The van der Waals surface area contributed by atoms with Gasteiger partial charge < -0.3 is 19.8 Å². The summed E-state index contributed by atoms with van der Waals surface area (Å²) < 4.78 is 5.46. The molecule has 2 aromatic rings. The Hall–Kier alpha value is -2.95. The topological polar surface area (TPSA) is 70.0 Å². The molecule has 0 bridgehead atoms. The first-order valence-corrected chi connectivity index (χ1v) is 7.98. The minimum Gasteiger partial charge on any atom is -0.504 e. The minimum absolute atomic E-state index is 0.0138. The number of rotatable bonds is 2. The Labute approximate surface area is 139 Å². The molecule has 2 heterocycles. The molecule has 0 saturated carbocycles. The zero-order valence-corrected chi connectivity index (χ0v) is 13.0. The molecule has 0 atom stereocenters. The Balaban J connectivity index is 1.60. The molecule has 2 aromatic carbocycles. The number of aromatic hydroxyl groups is 2. The number of carbonyl (C=O) groups is 1. The largest absolute Gasteiger partial charge is 0.504 e. The van der Waals surface area contributed by atoms with Crippen LogP contribution >= 0.6 is 0 Å². The van der Waals surface area contributed by atoms with Crippen molar-refractivity contribution in [1.29, 1.82) is 0 Å². The third-order valence-corrected chi connectivity index (χ3v) is 4.45. The van der Waals surface area contributed by atoms with Crippen molar-refractivity contribution in [2.24, 2.45) is 0 Å². The molecule has 0 aromatic heterocycles. The van der Waals surface area contributed by atoms with Gasteiger partial charge in [-0.15, -0.1) is 0 Å². The number of anilines is 1. The van der Waals surface area contributed by atoms with Crippen LogP contribution in [0, 0.1) is 0 Å². The fraction of sp³-hybridized carbons (Fsp3) is 0.211. The molecule has 122 valence electrons. The van der Waals surface area contributed by atoms with E-state index in [-0.39, 0.29) is 28.6 Å². The molecule has 4 rings (SSSR count). The summed E-state index contributed by atoms with van der Waals surface area (Å²) in [7, 11) is 0. The van der Waals surface area contributed by atoms with Crippen LogP contribution in [0.1, 0.15) is 28.8 Å². The zero-order valence-electron chi connectivity index (χ0n) is 13.0. The van der Waals surface area contributed by atoms with E-state index >= 15 is 0 Å². The third-order valence-electron chi connectivity index (χ3n) is 4.45. The summed E-state index contributed by atoms with van der Waals surface area (Å²) >= 11 is 0. The molecule has 0 unspecified atom stereocenters. The Morgan fingerprint density at radius 1 is 1.00 bits per heavy atom. The van der Waals surface area contributed by atoms with E-state index in [0.29, 0.717) is 0 Å². The van der Waals surface area contributed by atoms with E-state index in [1.54, 1.807) is 6.08 Å². The molecule has 1 saturated heterocycles. The zero-order chi connectivity index (χ0) is 16.7. The van der Waals surface area contributed by atoms with Crippen LogP contribution in [0.5, 0.6) is 17.2 Å². The summed E-state index contributed by atoms with van der Waals surface area (Å²) in [5.74, 6) is -0.866. The standard InChI is InChI=1S/C19H17NO4/c21-15-8-7-14-17(22)16(24-19(14)18(15)23)11-12-3-5-13(6-4-12)20-9-1-2-10-20/h3-8,11,21,23H,1-2,9-10H2/b16-11+. The monoisotopic (exact) mass is 323 g/mol. The predicted octanol–water partition coefficient (Wildman–Crippen LogP) is 3.31. The van der Waals surface area contributed by atoms with E-state index < -0.39 is 5.75 Å². The second kappa shape index (κ2) is 5.60. The first-order valence-electron chi connectivity index (χ1n) is 7.98. The van der Waals surface area contributed by atoms with Gasteiger partial charge in [0.25, 0.3) is 0 Å². The van der Waals surface area contributed by atoms with Crippen molar-refractivity contribution in [2.45, 2.75) is 12.8 Å². The van der Waals surface area contributed by atoms with Crippen molar-refractivity contribution >= 4 is 17.5 Å². The van der Waals surface area contributed by atoms with Gasteiger partial charge in [-0.25, -0.2) is 0 Å². The molecule has 0 aliphatic carbocycles. The summed E-state index contributed by atoms with van der Waals surface area (Å²) in [5, 5.41) is 19.3. The summed E-state index contributed by atoms with van der Waals surface area (Å²) in [6.45, 7) is 2.17. The molecule has 0 spiro atoms. The summed E-state index contributed by atoms with van der Waals surface area (Å²) in [6, 6.07) is 10.7. The highest BCUT2D eigenvalue weighted by molar-refractivity contribution is 6.15. The molecule has 0 radical (unpaired) electrons. The number of hydrogen-bond acceptors (Lipinski definition) is 5. The van der Waals surface area contributed by atoms with Crippen LogP contribution < -0.4 is 9.64 Å². The van der Waals surface area contributed by atoms with Crippen molar-refractivity contribution in [3.8, 4) is 17.2 Å². The van der Waals surface area contributed by atoms with Gasteiger partial charge in [0.15, 0.2) is 17.3 Å². The number of phenols is 2. The number of benzene rings is 2. The number of hydrogen-bond donors (Lipinski definition) is 2. The summed E-state index contributed by atoms with van der Waals surface area (Å²) in [4.78, 5) is 14.7. The third kappa shape index (κ3) is 2.38. The Bertz CT molecular complexity index is 833. The fourth-order valence-electron chi connectivity index (χ4n) is 3.14. The Morgan fingerprint density at radius 3 is 2.42 bits per heavy atom. The van der Waals surface area contributed by atoms with Crippen LogP contribution in [0.2, 0.25) is 0 Å². The van der Waals surface area contributed by atoms with Crippen LogP contribution in [-0.2, 0) is 0 Å². The maximum Gasteiger partial charge on any atom is 0.232 e. The number of nitrogens with zero attached hydrogens (tertiary/aromatic N) is 1. The molecule has 1 fully saturated rings. The average Bonchev–Trinajstić information content (AvgIpc) is 3.22. The van der Waals surface area contributed by atoms with E-state index in [1.807, 2.05) is 24.3 Å². The smallest absolute Gasteiger partial charge is 0.232 e. The van der Waals surface area contributed by atoms with Crippen LogP contribution in [-0.4, -0.2) is 29.1 Å². The average molecular weight is 323 g/mol. The Morgan fingerprint density at radius 2 is 1.71 bits per heavy atom. The first-order chi connectivity index (χ1) is 11.6. The molecular weight excluding hydrogens is 306 g/mol. The van der Waals surface area contributed by atoms with Crippen molar-refractivity contribution in [3.63, 3.8) is 0 Å². The van der Waals surface area contributed by atoms with Gasteiger partial charge in [-0.3, -0.25) is 4.79 Å². The molecular formula is C19H17NO4. The molecule has 24 heavy (non-hydrogen) atoms. The normalized spacial score (nSPS) is 18.1. The number of phenolic OH excluding ortho intramolecular Hbond substituents is 2. The second-order valence-corrected chi connectivity index (χ2v) is 6.04. The first kappa shape index (κ1) is 14.6. The van der Waals surface area contributed by atoms with E-state index in [2.05, 4.69) is 4.90 Å². The maximum atomic E-state index is 12.3. The number of fused-ring (bicyclic) bond motifs is 1. The fourth-order valence-corrected chi connectivity index (χ4v) is 3.14. The van der Waals surface area contributed by atoms with Gasteiger partial charge in [-0.1, -0.05) is 12.1 Å². The second-order valence-electron chi connectivity index (χ2n) is 6.04. The highest BCUT2D eigenvalue weighted by Gasteiger charge is 2.31. The maximum absolute atomic E-state index is 12.3. The van der Waals surface area contributed by atoms with Gasteiger partial charge in [0.1, 0.15) is 0 Å². The van der Waals surface area contributed by atoms with E-state index in [4.69, 9.17) is 4.74 Å². The van der Waals surface area contributed by atoms with E-state index in [1.165, 1.54) is 30.7 Å². The summed E-state index contributed by atoms with van der Waals surface area (Å²) in [5.41, 5.74) is 2.28. The van der Waals surface area contributed by atoms with Gasteiger partial charge in [0.2, 0.25) is 11.5 Å². The molecule has 2 aliphatic heterocycles. The lowest BCUT2D eigenvalue weighted by Crippen LogP contribution is -2.17. The lowest BCUT2D eigenvalue weighted by atomic mass is 10.1. The molecule has 2 N–H and O–H groups in total. The molecule has 5 heteroatoms. The van der Waals surface area contributed by atoms with Crippen molar-refractivity contribution in [3.05, 3.63) is 53.3 Å². The van der Waals surface area contributed by atoms with E-state index in [9.17, 15) is 15.0 Å². The number of ketones is 1. The van der Waals surface area contributed by atoms with Gasteiger partial charge in [0.05, 0.1) is 5.56 Å². The van der Waals surface area contributed by atoms with E-state index in [0.717, 1.165) is 18.7 Å². The highest BCUT2D eigenvalue weighted by atomic mass is 16.5. The van der Waals surface area contributed by atoms with Gasteiger partial charge in [0, 0.05) is 18.8 Å². The number of ether oxygens (including phenoxy) is 1. The van der Waals surface area contributed by atoms with Gasteiger partial charge in [-0.05, 0) is 48.7 Å². The van der Waals surface area contributed by atoms with Crippen molar-refractivity contribution in [2.75, 3.05) is 18.0 Å².